The minimum Gasteiger partial charge on any atom is -0.507 e. The molecule has 1 heterocycles. The molecule has 5 heteroatoms. The Morgan fingerprint density at radius 1 is 1.13 bits per heavy atom. The second kappa shape index (κ2) is 6.28. The fraction of sp³-hybridized carbons (Fsp3) is 0.333. The maximum Gasteiger partial charge on any atom is 0.342 e. The highest BCUT2D eigenvalue weighted by Gasteiger charge is 2.27. The van der Waals surface area contributed by atoms with Crippen molar-refractivity contribution in [2.24, 2.45) is 0 Å². The molecular formula is C18H19NO4. The van der Waals surface area contributed by atoms with E-state index in [4.69, 9.17) is 4.74 Å². The fourth-order valence-electron chi connectivity index (χ4n) is 2.86. The number of benzene rings is 2. The molecule has 1 aliphatic rings. The maximum atomic E-state index is 12.3. The summed E-state index contributed by atoms with van der Waals surface area (Å²) in [6, 6.07) is 10.5. The third-order valence-electron chi connectivity index (χ3n) is 4.13. The molecule has 0 saturated carbocycles. The number of nitrogens with zero attached hydrogens (tertiary/aromatic N) is 1. The molecular weight excluding hydrogens is 294 g/mol. The highest BCUT2D eigenvalue weighted by molar-refractivity contribution is 5.99. The number of ether oxygens (including phenoxy) is 1. The lowest BCUT2D eigenvalue weighted by Gasteiger charge is -2.20. The first-order chi connectivity index (χ1) is 11.1. The predicted octanol–water partition coefficient (Wildman–Crippen LogP) is 2.71. The lowest BCUT2D eigenvalue weighted by Crippen LogP contribution is -2.38. The van der Waals surface area contributed by atoms with Crippen LogP contribution in [0.4, 0.5) is 0 Å². The minimum absolute atomic E-state index is 0.0739. The standard InChI is InChI=1S/C18H19NO4/c1-12(17(21)19-8-4-5-9-19)23-18(22)15-10-13-6-2-3-7-14(13)11-16(15)20/h2-3,6-7,10-12,20H,4-5,8-9H2,1H3/t12-/m1/s1. The van der Waals surface area contributed by atoms with E-state index in [1.54, 1.807) is 17.9 Å². The van der Waals surface area contributed by atoms with Gasteiger partial charge in [0.25, 0.3) is 5.91 Å². The van der Waals surface area contributed by atoms with E-state index >= 15 is 0 Å². The van der Waals surface area contributed by atoms with E-state index in [-0.39, 0.29) is 17.2 Å². The van der Waals surface area contributed by atoms with Gasteiger partial charge in [-0.3, -0.25) is 4.79 Å². The minimum atomic E-state index is -0.855. The number of phenolic OH excluding ortho intramolecular Hbond substituents is 1. The first-order valence-electron chi connectivity index (χ1n) is 7.78. The number of rotatable bonds is 3. The van der Waals surface area contributed by atoms with Crippen LogP contribution in [-0.2, 0) is 9.53 Å². The monoisotopic (exact) mass is 313 g/mol. The summed E-state index contributed by atoms with van der Waals surface area (Å²) in [5.74, 6) is -1.01. The van der Waals surface area contributed by atoms with Crippen molar-refractivity contribution in [1.29, 1.82) is 0 Å². The summed E-state index contributed by atoms with van der Waals surface area (Å²) in [5, 5.41) is 11.7. The van der Waals surface area contributed by atoms with Crippen molar-refractivity contribution in [3.63, 3.8) is 0 Å². The highest BCUT2D eigenvalue weighted by Crippen LogP contribution is 2.26. The Labute approximate surface area is 134 Å². The number of hydrogen-bond donors (Lipinski definition) is 1. The number of carbonyl (C=O) groups excluding carboxylic acids is 2. The fourth-order valence-corrected chi connectivity index (χ4v) is 2.86. The lowest BCUT2D eigenvalue weighted by atomic mass is 10.1. The second-order valence-electron chi connectivity index (χ2n) is 5.80. The molecule has 0 unspecified atom stereocenters. The molecule has 0 aliphatic carbocycles. The van der Waals surface area contributed by atoms with Crippen LogP contribution < -0.4 is 0 Å². The summed E-state index contributed by atoms with van der Waals surface area (Å²) >= 11 is 0. The number of esters is 1. The van der Waals surface area contributed by atoms with E-state index in [0.717, 1.165) is 23.6 Å². The van der Waals surface area contributed by atoms with E-state index in [1.165, 1.54) is 6.07 Å². The zero-order valence-corrected chi connectivity index (χ0v) is 13.0. The molecule has 3 rings (SSSR count). The van der Waals surface area contributed by atoms with Gasteiger partial charge in [-0.1, -0.05) is 24.3 Å². The number of hydrogen-bond acceptors (Lipinski definition) is 4. The number of amides is 1. The van der Waals surface area contributed by atoms with Crippen LogP contribution >= 0.6 is 0 Å². The van der Waals surface area contributed by atoms with E-state index < -0.39 is 12.1 Å². The number of likely N-dealkylation sites (tertiary alicyclic amines) is 1. The Bertz CT molecular complexity index is 750. The van der Waals surface area contributed by atoms with Crippen LogP contribution in [0.1, 0.15) is 30.1 Å². The number of phenols is 1. The van der Waals surface area contributed by atoms with Crippen LogP contribution in [-0.4, -0.2) is 41.1 Å². The number of carbonyl (C=O) groups is 2. The molecule has 1 saturated heterocycles. The quantitative estimate of drug-likeness (QED) is 0.885. The summed E-state index contributed by atoms with van der Waals surface area (Å²) in [5.41, 5.74) is 0.0739. The number of fused-ring (bicyclic) bond motifs is 1. The molecule has 0 aromatic heterocycles. The van der Waals surface area contributed by atoms with Gasteiger partial charge in [0.15, 0.2) is 6.10 Å². The molecule has 0 bridgehead atoms. The van der Waals surface area contributed by atoms with Crippen molar-refractivity contribution in [2.75, 3.05) is 13.1 Å². The van der Waals surface area contributed by atoms with Crippen molar-refractivity contribution < 1.29 is 19.4 Å². The van der Waals surface area contributed by atoms with Gasteiger partial charge in [-0.05, 0) is 42.7 Å². The van der Waals surface area contributed by atoms with Gasteiger partial charge in [-0.2, -0.15) is 0 Å². The Hall–Kier alpha value is -2.56. The van der Waals surface area contributed by atoms with E-state index in [2.05, 4.69) is 0 Å². The number of aromatic hydroxyl groups is 1. The zero-order valence-electron chi connectivity index (χ0n) is 13.0. The molecule has 1 N–H and O–H groups in total. The lowest BCUT2D eigenvalue weighted by molar-refractivity contribution is -0.138. The van der Waals surface area contributed by atoms with Gasteiger partial charge in [0.1, 0.15) is 11.3 Å². The van der Waals surface area contributed by atoms with Crippen molar-refractivity contribution in [3.05, 3.63) is 42.0 Å². The summed E-state index contributed by atoms with van der Waals surface area (Å²) in [6.07, 6.45) is 1.11. The smallest absolute Gasteiger partial charge is 0.342 e. The molecule has 23 heavy (non-hydrogen) atoms. The largest absolute Gasteiger partial charge is 0.507 e. The molecule has 0 radical (unpaired) electrons. The Balaban J connectivity index is 1.77. The van der Waals surface area contributed by atoms with Crippen LogP contribution in [0.25, 0.3) is 10.8 Å². The normalized spacial score (nSPS) is 15.6. The van der Waals surface area contributed by atoms with Gasteiger partial charge in [0, 0.05) is 13.1 Å². The topological polar surface area (TPSA) is 66.8 Å². The van der Waals surface area contributed by atoms with Gasteiger partial charge in [-0.15, -0.1) is 0 Å². The van der Waals surface area contributed by atoms with Crippen molar-refractivity contribution in [1.82, 2.24) is 4.90 Å². The summed E-state index contributed by atoms with van der Waals surface area (Å²) in [7, 11) is 0. The van der Waals surface area contributed by atoms with Gasteiger partial charge < -0.3 is 14.7 Å². The highest BCUT2D eigenvalue weighted by atomic mass is 16.5. The van der Waals surface area contributed by atoms with Crippen LogP contribution in [0.3, 0.4) is 0 Å². The third-order valence-corrected chi connectivity index (χ3v) is 4.13. The molecule has 0 spiro atoms. The second-order valence-corrected chi connectivity index (χ2v) is 5.80. The molecule has 1 fully saturated rings. The zero-order chi connectivity index (χ0) is 16.4. The van der Waals surface area contributed by atoms with E-state index in [1.807, 2.05) is 24.3 Å². The van der Waals surface area contributed by atoms with E-state index in [9.17, 15) is 14.7 Å². The average molecular weight is 313 g/mol. The van der Waals surface area contributed by atoms with Gasteiger partial charge >= 0.3 is 5.97 Å². The molecule has 1 amide bonds. The summed E-state index contributed by atoms with van der Waals surface area (Å²) < 4.78 is 5.25. The van der Waals surface area contributed by atoms with Crippen LogP contribution in [0.15, 0.2) is 36.4 Å². The Morgan fingerprint density at radius 2 is 1.74 bits per heavy atom. The average Bonchev–Trinajstić information content (AvgIpc) is 3.07. The maximum absolute atomic E-state index is 12.3. The van der Waals surface area contributed by atoms with Crippen molar-refractivity contribution in [3.8, 4) is 5.75 Å². The molecule has 2 aromatic rings. The van der Waals surface area contributed by atoms with Crippen molar-refractivity contribution in [2.45, 2.75) is 25.9 Å². The molecule has 1 aliphatic heterocycles. The Morgan fingerprint density at radius 3 is 2.39 bits per heavy atom. The van der Waals surface area contributed by atoms with Crippen LogP contribution in [0.2, 0.25) is 0 Å². The van der Waals surface area contributed by atoms with Crippen LogP contribution in [0.5, 0.6) is 5.75 Å². The molecule has 5 nitrogen and oxygen atoms in total. The SMILES string of the molecule is C[C@@H](OC(=O)c1cc2ccccc2cc1O)C(=O)N1CCCC1. The first kappa shape index (κ1) is 15.3. The predicted molar refractivity (Wildman–Crippen MR) is 86.3 cm³/mol. The van der Waals surface area contributed by atoms with Crippen LogP contribution in [0, 0.1) is 0 Å². The third kappa shape index (κ3) is 3.13. The summed E-state index contributed by atoms with van der Waals surface area (Å²) in [6.45, 7) is 2.99. The molecule has 2 aromatic carbocycles. The van der Waals surface area contributed by atoms with Gasteiger partial charge in [0.2, 0.25) is 0 Å². The Kier molecular flexibility index (Phi) is 4.19. The van der Waals surface area contributed by atoms with Crippen molar-refractivity contribution >= 4 is 22.6 Å². The molecule has 1 atom stereocenters. The van der Waals surface area contributed by atoms with Gasteiger partial charge in [-0.25, -0.2) is 4.79 Å². The summed E-state index contributed by atoms with van der Waals surface area (Å²) in [4.78, 5) is 26.2. The van der Waals surface area contributed by atoms with E-state index in [0.29, 0.717) is 13.1 Å². The molecule has 120 valence electrons. The first-order valence-corrected chi connectivity index (χ1v) is 7.78. The van der Waals surface area contributed by atoms with Gasteiger partial charge in [0.05, 0.1) is 0 Å².